The summed E-state index contributed by atoms with van der Waals surface area (Å²) in [6.45, 7) is 2.26. The molecule has 1 fully saturated rings. The van der Waals surface area contributed by atoms with Crippen LogP contribution in [0.25, 0.3) is 5.57 Å². The summed E-state index contributed by atoms with van der Waals surface area (Å²) < 4.78 is 0. The number of aromatic nitrogens is 1. The fourth-order valence-electron chi connectivity index (χ4n) is 3.59. The average molecular weight is 311 g/mol. The molecule has 2 heterocycles. The molecule has 1 aromatic heterocycles. The van der Waals surface area contributed by atoms with Crippen LogP contribution in [0.4, 0.5) is 0 Å². The van der Waals surface area contributed by atoms with Gasteiger partial charge in [-0.2, -0.15) is 0 Å². The number of hydrogen-bond donors (Lipinski definition) is 0. The molecule has 0 spiro atoms. The number of hydrogen-bond acceptors (Lipinski definition) is 2. The van der Waals surface area contributed by atoms with Crippen molar-refractivity contribution in [3.63, 3.8) is 0 Å². The minimum Gasteiger partial charge on any atom is -0.306 e. The molecule has 1 aliphatic carbocycles. The minimum absolute atomic E-state index is 0.818. The standard InChI is InChI=1S/C19H19ClN2/c1-22-9-6-13(7-10-22)18-17-5-4-16(20)12-15(17)11-14-3-2-8-21-19(14)18/h2-5,8,12H,6-7,9-11H2,1H3. The summed E-state index contributed by atoms with van der Waals surface area (Å²) in [5.41, 5.74) is 8.06. The highest BCUT2D eigenvalue weighted by molar-refractivity contribution is 6.30. The van der Waals surface area contributed by atoms with Crippen LogP contribution in [-0.2, 0) is 6.42 Å². The van der Waals surface area contributed by atoms with Gasteiger partial charge in [-0.15, -0.1) is 0 Å². The molecule has 0 saturated carbocycles. The molecule has 0 atom stereocenters. The van der Waals surface area contributed by atoms with Crippen molar-refractivity contribution in [3.05, 3.63) is 69.5 Å². The first kappa shape index (κ1) is 14.0. The number of pyridine rings is 1. The number of rotatable bonds is 0. The fraction of sp³-hybridized carbons (Fsp3) is 0.316. The van der Waals surface area contributed by atoms with E-state index in [9.17, 15) is 0 Å². The molecular weight excluding hydrogens is 292 g/mol. The topological polar surface area (TPSA) is 16.1 Å². The third-order valence-corrected chi connectivity index (χ3v) is 5.02. The first-order valence-corrected chi connectivity index (χ1v) is 8.24. The minimum atomic E-state index is 0.818. The molecule has 0 amide bonds. The molecule has 0 N–H and O–H groups in total. The SMILES string of the molecule is CN1CCC(=C2c3ccc(Cl)cc3Cc3cccnc32)CC1. The van der Waals surface area contributed by atoms with Gasteiger partial charge in [0.15, 0.2) is 0 Å². The van der Waals surface area contributed by atoms with Crippen LogP contribution in [-0.4, -0.2) is 30.0 Å². The van der Waals surface area contributed by atoms with E-state index in [0.29, 0.717) is 0 Å². The number of likely N-dealkylation sites (tertiary alicyclic amines) is 1. The van der Waals surface area contributed by atoms with Crippen molar-refractivity contribution in [1.29, 1.82) is 0 Å². The van der Waals surface area contributed by atoms with Crippen molar-refractivity contribution in [3.8, 4) is 0 Å². The van der Waals surface area contributed by atoms with Crippen LogP contribution in [0.1, 0.15) is 35.2 Å². The van der Waals surface area contributed by atoms with Crippen molar-refractivity contribution in [1.82, 2.24) is 9.88 Å². The van der Waals surface area contributed by atoms with E-state index in [1.165, 1.54) is 28.0 Å². The molecule has 2 aliphatic rings. The number of fused-ring (bicyclic) bond motifs is 2. The Labute approximate surface area is 136 Å². The van der Waals surface area contributed by atoms with Gasteiger partial charge in [-0.1, -0.05) is 29.3 Å². The van der Waals surface area contributed by atoms with Gasteiger partial charge in [0.2, 0.25) is 0 Å². The summed E-state index contributed by atoms with van der Waals surface area (Å²) >= 11 is 6.22. The van der Waals surface area contributed by atoms with Gasteiger partial charge in [0, 0.05) is 36.3 Å². The van der Waals surface area contributed by atoms with Gasteiger partial charge in [0.05, 0.1) is 5.69 Å². The van der Waals surface area contributed by atoms with E-state index in [1.807, 2.05) is 18.3 Å². The Morgan fingerprint density at radius 1 is 1.09 bits per heavy atom. The molecule has 22 heavy (non-hydrogen) atoms. The number of halogens is 1. The molecule has 0 radical (unpaired) electrons. The number of benzene rings is 1. The van der Waals surface area contributed by atoms with Crippen LogP contribution in [0.3, 0.4) is 0 Å². The zero-order valence-corrected chi connectivity index (χ0v) is 13.5. The summed E-state index contributed by atoms with van der Waals surface area (Å²) in [6.07, 6.45) is 5.10. The zero-order chi connectivity index (χ0) is 15.1. The highest BCUT2D eigenvalue weighted by atomic mass is 35.5. The van der Waals surface area contributed by atoms with Crippen molar-refractivity contribution < 1.29 is 0 Å². The second-order valence-electron chi connectivity index (χ2n) is 6.27. The monoisotopic (exact) mass is 310 g/mol. The van der Waals surface area contributed by atoms with Gasteiger partial charge in [-0.3, -0.25) is 4.98 Å². The van der Waals surface area contributed by atoms with Gasteiger partial charge in [-0.05, 0) is 54.8 Å². The summed E-state index contributed by atoms with van der Waals surface area (Å²) in [6, 6.07) is 10.5. The van der Waals surface area contributed by atoms with Crippen LogP contribution in [0, 0.1) is 0 Å². The summed E-state index contributed by atoms with van der Waals surface area (Å²) in [5, 5.41) is 0.818. The van der Waals surface area contributed by atoms with Crippen molar-refractivity contribution in [2.24, 2.45) is 0 Å². The Morgan fingerprint density at radius 2 is 1.91 bits per heavy atom. The Hall–Kier alpha value is -1.64. The van der Waals surface area contributed by atoms with Gasteiger partial charge in [0.1, 0.15) is 0 Å². The zero-order valence-electron chi connectivity index (χ0n) is 12.8. The quantitative estimate of drug-likeness (QED) is 0.619. The van der Waals surface area contributed by atoms with E-state index in [0.717, 1.165) is 37.4 Å². The highest BCUT2D eigenvalue weighted by Gasteiger charge is 2.25. The predicted molar refractivity (Wildman–Crippen MR) is 91.2 cm³/mol. The summed E-state index contributed by atoms with van der Waals surface area (Å²) in [5.74, 6) is 0. The van der Waals surface area contributed by atoms with Gasteiger partial charge in [-0.25, -0.2) is 0 Å². The lowest BCUT2D eigenvalue weighted by Gasteiger charge is -2.29. The Balaban J connectivity index is 1.92. The van der Waals surface area contributed by atoms with Gasteiger partial charge < -0.3 is 4.90 Å². The normalized spacial score (nSPS) is 18.1. The molecular formula is C19H19ClN2. The van der Waals surface area contributed by atoms with E-state index in [4.69, 9.17) is 16.6 Å². The highest BCUT2D eigenvalue weighted by Crippen LogP contribution is 2.39. The molecule has 0 unspecified atom stereocenters. The van der Waals surface area contributed by atoms with Crippen LogP contribution >= 0.6 is 11.6 Å². The van der Waals surface area contributed by atoms with Crippen LogP contribution in [0.5, 0.6) is 0 Å². The van der Waals surface area contributed by atoms with E-state index in [1.54, 1.807) is 5.57 Å². The Kier molecular flexibility index (Phi) is 3.51. The molecule has 1 aliphatic heterocycles. The van der Waals surface area contributed by atoms with Crippen molar-refractivity contribution >= 4 is 17.2 Å². The third kappa shape index (κ3) is 2.37. The first-order valence-electron chi connectivity index (χ1n) is 7.86. The second kappa shape index (κ2) is 5.53. The predicted octanol–water partition coefficient (Wildman–Crippen LogP) is 4.17. The maximum absolute atomic E-state index is 6.22. The van der Waals surface area contributed by atoms with Gasteiger partial charge >= 0.3 is 0 Å². The van der Waals surface area contributed by atoms with Crippen LogP contribution < -0.4 is 0 Å². The van der Waals surface area contributed by atoms with Crippen LogP contribution in [0.2, 0.25) is 5.02 Å². The van der Waals surface area contributed by atoms with E-state index < -0.39 is 0 Å². The molecule has 2 aromatic rings. The lowest BCUT2D eigenvalue weighted by Crippen LogP contribution is -2.27. The number of nitrogens with zero attached hydrogens (tertiary/aromatic N) is 2. The van der Waals surface area contributed by atoms with E-state index >= 15 is 0 Å². The third-order valence-electron chi connectivity index (χ3n) is 4.79. The smallest absolute Gasteiger partial charge is 0.0742 e. The first-order chi connectivity index (χ1) is 10.7. The molecule has 1 aromatic carbocycles. The maximum atomic E-state index is 6.22. The van der Waals surface area contributed by atoms with Crippen molar-refractivity contribution in [2.45, 2.75) is 19.3 Å². The van der Waals surface area contributed by atoms with E-state index in [2.05, 4.69) is 30.1 Å². The lowest BCUT2D eigenvalue weighted by atomic mass is 9.81. The molecule has 3 heteroatoms. The summed E-state index contributed by atoms with van der Waals surface area (Å²) in [4.78, 5) is 7.11. The largest absolute Gasteiger partial charge is 0.306 e. The van der Waals surface area contributed by atoms with E-state index in [-0.39, 0.29) is 0 Å². The Bertz CT molecular complexity index is 754. The molecule has 2 nitrogen and oxygen atoms in total. The molecule has 4 rings (SSSR count). The Morgan fingerprint density at radius 3 is 2.73 bits per heavy atom. The molecule has 1 saturated heterocycles. The van der Waals surface area contributed by atoms with Crippen LogP contribution in [0.15, 0.2) is 42.1 Å². The lowest BCUT2D eigenvalue weighted by molar-refractivity contribution is 0.313. The molecule has 0 bridgehead atoms. The fourth-order valence-corrected chi connectivity index (χ4v) is 3.78. The summed E-state index contributed by atoms with van der Waals surface area (Å²) in [7, 11) is 2.20. The van der Waals surface area contributed by atoms with Crippen molar-refractivity contribution in [2.75, 3.05) is 20.1 Å². The van der Waals surface area contributed by atoms with Gasteiger partial charge in [0.25, 0.3) is 0 Å². The molecule has 112 valence electrons. The average Bonchev–Trinajstić information content (AvgIpc) is 2.53. The maximum Gasteiger partial charge on any atom is 0.0742 e. The second-order valence-corrected chi connectivity index (χ2v) is 6.71. The number of piperidine rings is 1.